The van der Waals surface area contributed by atoms with Gasteiger partial charge < -0.3 is 25.0 Å². The molecule has 1 aromatic rings. The third-order valence-corrected chi connectivity index (χ3v) is 4.43. The van der Waals surface area contributed by atoms with E-state index in [9.17, 15) is 18.0 Å². The van der Waals surface area contributed by atoms with Crippen LogP contribution in [0.3, 0.4) is 0 Å². The van der Waals surface area contributed by atoms with Crippen LogP contribution in [0, 0.1) is 0 Å². The topological polar surface area (TPSA) is 75.2 Å². The van der Waals surface area contributed by atoms with E-state index in [1.807, 2.05) is 0 Å². The average Bonchev–Trinajstić information content (AvgIpc) is 3.22. The van der Waals surface area contributed by atoms with E-state index in [0.29, 0.717) is 37.7 Å². The van der Waals surface area contributed by atoms with Crippen LogP contribution in [0.15, 0.2) is 29.3 Å². The van der Waals surface area contributed by atoms with Gasteiger partial charge in [-0.3, -0.25) is 4.79 Å². The lowest BCUT2D eigenvalue weighted by atomic mass is 10.1. The van der Waals surface area contributed by atoms with Crippen molar-refractivity contribution in [3.63, 3.8) is 0 Å². The number of amides is 1. The van der Waals surface area contributed by atoms with Crippen LogP contribution in [0.5, 0.6) is 0 Å². The second-order valence-electron chi connectivity index (χ2n) is 7.14. The largest absolute Gasteiger partial charge is 0.416 e. The van der Waals surface area contributed by atoms with E-state index in [2.05, 4.69) is 15.6 Å². The molecule has 0 radical (unpaired) electrons. The molecular weight excluding hydrogens is 401 g/mol. The SMILES string of the molecule is CN(C)C(=O)CNC(=NCc1cccc(C(F)(F)F)c1)NCCCOC1CCOC1. The summed E-state index contributed by atoms with van der Waals surface area (Å²) >= 11 is 0. The lowest BCUT2D eigenvalue weighted by Gasteiger charge is -2.15. The monoisotopic (exact) mass is 430 g/mol. The number of likely N-dealkylation sites (N-methyl/N-ethyl adjacent to an activating group) is 1. The third-order valence-electron chi connectivity index (χ3n) is 4.43. The Labute approximate surface area is 174 Å². The molecule has 1 saturated heterocycles. The molecule has 2 rings (SSSR count). The number of ether oxygens (including phenoxy) is 2. The summed E-state index contributed by atoms with van der Waals surface area (Å²) in [6, 6.07) is 5.03. The number of carbonyl (C=O) groups excluding carboxylic acids is 1. The number of benzene rings is 1. The molecule has 1 atom stereocenters. The quantitative estimate of drug-likeness (QED) is 0.356. The number of guanidine groups is 1. The third kappa shape index (κ3) is 8.58. The van der Waals surface area contributed by atoms with Crippen LogP contribution in [-0.2, 0) is 27.0 Å². The van der Waals surface area contributed by atoms with Crippen molar-refractivity contribution in [1.82, 2.24) is 15.5 Å². The first-order valence-corrected chi connectivity index (χ1v) is 9.83. The fraction of sp³-hybridized carbons (Fsp3) is 0.600. The van der Waals surface area contributed by atoms with Crippen molar-refractivity contribution in [2.24, 2.45) is 4.99 Å². The molecule has 0 saturated carbocycles. The molecule has 1 heterocycles. The zero-order chi connectivity index (χ0) is 22.0. The van der Waals surface area contributed by atoms with Gasteiger partial charge in [0.05, 0.1) is 31.4 Å². The summed E-state index contributed by atoms with van der Waals surface area (Å²) in [5.74, 6) is 0.208. The molecule has 7 nitrogen and oxygen atoms in total. The number of halogens is 3. The zero-order valence-corrected chi connectivity index (χ0v) is 17.3. The van der Waals surface area contributed by atoms with Gasteiger partial charge in [-0.25, -0.2) is 4.99 Å². The van der Waals surface area contributed by atoms with Crippen molar-refractivity contribution in [2.45, 2.75) is 31.7 Å². The van der Waals surface area contributed by atoms with E-state index in [1.54, 1.807) is 20.2 Å². The second kappa shape index (κ2) is 11.8. The van der Waals surface area contributed by atoms with Crippen LogP contribution in [0.1, 0.15) is 24.0 Å². The number of nitrogens with zero attached hydrogens (tertiary/aromatic N) is 2. The Morgan fingerprint density at radius 1 is 1.33 bits per heavy atom. The lowest BCUT2D eigenvalue weighted by Crippen LogP contribution is -2.43. The Morgan fingerprint density at radius 2 is 2.13 bits per heavy atom. The number of nitrogens with one attached hydrogen (secondary N) is 2. The number of hydrogen-bond donors (Lipinski definition) is 2. The lowest BCUT2D eigenvalue weighted by molar-refractivity contribution is -0.137. The van der Waals surface area contributed by atoms with Crippen molar-refractivity contribution >= 4 is 11.9 Å². The van der Waals surface area contributed by atoms with Gasteiger partial charge in [0.1, 0.15) is 0 Å². The minimum Gasteiger partial charge on any atom is -0.379 e. The zero-order valence-electron chi connectivity index (χ0n) is 17.3. The molecule has 0 aliphatic carbocycles. The summed E-state index contributed by atoms with van der Waals surface area (Å²) in [7, 11) is 3.28. The van der Waals surface area contributed by atoms with Gasteiger partial charge in [0.15, 0.2) is 5.96 Å². The molecule has 0 bridgehead atoms. The van der Waals surface area contributed by atoms with Crippen molar-refractivity contribution in [1.29, 1.82) is 0 Å². The van der Waals surface area contributed by atoms with Crippen LogP contribution >= 0.6 is 0 Å². The maximum Gasteiger partial charge on any atom is 0.416 e. The molecule has 0 spiro atoms. The van der Waals surface area contributed by atoms with E-state index in [-0.39, 0.29) is 25.1 Å². The molecule has 1 aromatic carbocycles. The van der Waals surface area contributed by atoms with Gasteiger partial charge >= 0.3 is 6.18 Å². The summed E-state index contributed by atoms with van der Waals surface area (Å²) in [5, 5.41) is 6.00. The maximum atomic E-state index is 12.9. The Balaban J connectivity index is 1.89. The summed E-state index contributed by atoms with van der Waals surface area (Å²) in [4.78, 5) is 17.6. The normalized spacial score (nSPS) is 17.1. The molecule has 1 aliphatic heterocycles. The van der Waals surface area contributed by atoms with E-state index in [4.69, 9.17) is 9.47 Å². The van der Waals surface area contributed by atoms with Crippen molar-refractivity contribution in [2.75, 3.05) is 47.0 Å². The van der Waals surface area contributed by atoms with E-state index >= 15 is 0 Å². The van der Waals surface area contributed by atoms with Gasteiger partial charge in [-0.1, -0.05) is 12.1 Å². The number of rotatable bonds is 9. The van der Waals surface area contributed by atoms with Gasteiger partial charge in [0, 0.05) is 33.9 Å². The predicted molar refractivity (Wildman–Crippen MR) is 107 cm³/mol. The molecular formula is C20H29F3N4O3. The van der Waals surface area contributed by atoms with Crippen LogP contribution < -0.4 is 10.6 Å². The van der Waals surface area contributed by atoms with E-state index < -0.39 is 11.7 Å². The highest BCUT2D eigenvalue weighted by molar-refractivity contribution is 5.86. The van der Waals surface area contributed by atoms with Crippen LogP contribution in [0.4, 0.5) is 13.2 Å². The number of hydrogen-bond acceptors (Lipinski definition) is 4. The molecule has 0 aromatic heterocycles. The molecule has 2 N–H and O–H groups in total. The fourth-order valence-electron chi connectivity index (χ4n) is 2.68. The summed E-state index contributed by atoms with van der Waals surface area (Å²) < 4.78 is 49.6. The second-order valence-corrected chi connectivity index (χ2v) is 7.14. The van der Waals surface area contributed by atoms with Gasteiger partial charge in [-0.2, -0.15) is 13.2 Å². The van der Waals surface area contributed by atoms with Crippen LogP contribution in [-0.4, -0.2) is 69.9 Å². The van der Waals surface area contributed by atoms with E-state index in [0.717, 1.165) is 25.2 Å². The van der Waals surface area contributed by atoms with E-state index in [1.165, 1.54) is 11.0 Å². The first-order chi connectivity index (χ1) is 14.3. The fourth-order valence-corrected chi connectivity index (χ4v) is 2.68. The Hall–Kier alpha value is -2.33. The first kappa shape index (κ1) is 23.9. The maximum absolute atomic E-state index is 12.9. The highest BCUT2D eigenvalue weighted by Gasteiger charge is 2.30. The summed E-state index contributed by atoms with van der Waals surface area (Å²) in [5.41, 5.74) is -0.289. The summed E-state index contributed by atoms with van der Waals surface area (Å²) in [6.07, 6.45) is -2.66. The molecule has 168 valence electrons. The minimum atomic E-state index is -4.40. The van der Waals surface area contributed by atoms with Gasteiger partial charge in [-0.05, 0) is 30.5 Å². The molecule has 30 heavy (non-hydrogen) atoms. The smallest absolute Gasteiger partial charge is 0.379 e. The Bertz CT molecular complexity index is 705. The number of aliphatic imine (C=N–C) groups is 1. The average molecular weight is 430 g/mol. The highest BCUT2D eigenvalue weighted by atomic mass is 19.4. The van der Waals surface area contributed by atoms with Gasteiger partial charge in [-0.15, -0.1) is 0 Å². The number of carbonyl (C=O) groups is 1. The molecule has 1 aliphatic rings. The molecule has 1 fully saturated rings. The van der Waals surface area contributed by atoms with Crippen LogP contribution in [0.2, 0.25) is 0 Å². The first-order valence-electron chi connectivity index (χ1n) is 9.83. The highest BCUT2D eigenvalue weighted by Crippen LogP contribution is 2.29. The van der Waals surface area contributed by atoms with Crippen molar-refractivity contribution in [3.05, 3.63) is 35.4 Å². The Kier molecular flexibility index (Phi) is 9.38. The Morgan fingerprint density at radius 3 is 2.80 bits per heavy atom. The number of alkyl halides is 3. The standard InChI is InChI=1S/C20H29F3N4O3/c1-27(2)18(28)13-26-19(24-8-4-9-30-17-7-10-29-14-17)25-12-15-5-3-6-16(11-15)20(21,22)23/h3,5-6,11,17H,4,7-10,12-14H2,1-2H3,(H2,24,25,26). The molecule has 10 heteroatoms. The van der Waals surface area contributed by atoms with Crippen molar-refractivity contribution in [3.8, 4) is 0 Å². The summed E-state index contributed by atoms with van der Waals surface area (Å²) in [6.45, 7) is 2.50. The van der Waals surface area contributed by atoms with Crippen molar-refractivity contribution < 1.29 is 27.4 Å². The predicted octanol–water partition coefficient (Wildman–Crippen LogP) is 2.02. The van der Waals surface area contributed by atoms with Gasteiger partial charge in [0.2, 0.25) is 5.91 Å². The minimum absolute atomic E-state index is 0.0251. The van der Waals surface area contributed by atoms with Gasteiger partial charge in [0.25, 0.3) is 0 Å². The molecule has 1 unspecified atom stereocenters. The van der Waals surface area contributed by atoms with Crippen LogP contribution in [0.25, 0.3) is 0 Å². The molecule has 1 amide bonds.